The number of amides is 1. The number of hydrogen-bond acceptors (Lipinski definition) is 4. The third-order valence-electron chi connectivity index (χ3n) is 3.18. The average Bonchev–Trinajstić information content (AvgIpc) is 3.00. The maximum Gasteiger partial charge on any atom is 0.262 e. The number of H-pyrrole nitrogens is 1. The largest absolute Gasteiger partial charge is 0.477 e. The molecular formula is C14H16N4O2. The van der Waals surface area contributed by atoms with Crippen LogP contribution in [0.1, 0.15) is 5.69 Å². The Morgan fingerprint density at radius 1 is 1.45 bits per heavy atom. The van der Waals surface area contributed by atoms with Crippen molar-refractivity contribution in [1.82, 2.24) is 15.3 Å². The van der Waals surface area contributed by atoms with E-state index in [0.29, 0.717) is 18.8 Å². The van der Waals surface area contributed by atoms with Crippen LogP contribution in [0.2, 0.25) is 0 Å². The molecule has 0 saturated carbocycles. The zero-order valence-electron chi connectivity index (χ0n) is 10.9. The van der Waals surface area contributed by atoms with Gasteiger partial charge in [-0.3, -0.25) is 4.79 Å². The molecule has 104 valence electrons. The number of ether oxygens (including phenoxy) is 1. The number of carbonyl (C=O) groups excluding carboxylic acids is 1. The summed E-state index contributed by atoms with van der Waals surface area (Å²) >= 11 is 0. The molecule has 1 aliphatic rings. The molecule has 6 heteroatoms. The minimum absolute atomic E-state index is 0.105. The van der Waals surface area contributed by atoms with E-state index in [-0.39, 0.29) is 5.91 Å². The number of hydrogen-bond donors (Lipinski definition) is 3. The first-order chi connectivity index (χ1) is 9.83. The summed E-state index contributed by atoms with van der Waals surface area (Å²) in [6.07, 6.45) is 3.61. The molecule has 1 aliphatic heterocycles. The van der Waals surface area contributed by atoms with Crippen molar-refractivity contribution < 1.29 is 9.53 Å². The Labute approximate surface area is 116 Å². The van der Waals surface area contributed by atoms with Crippen molar-refractivity contribution in [2.45, 2.75) is 12.5 Å². The van der Waals surface area contributed by atoms with E-state index in [1.165, 1.54) is 0 Å². The van der Waals surface area contributed by atoms with Crippen LogP contribution >= 0.6 is 0 Å². The summed E-state index contributed by atoms with van der Waals surface area (Å²) in [7, 11) is 0. The van der Waals surface area contributed by atoms with Gasteiger partial charge in [-0.15, -0.1) is 0 Å². The summed E-state index contributed by atoms with van der Waals surface area (Å²) in [5.74, 6) is 0.610. The molecule has 20 heavy (non-hydrogen) atoms. The number of anilines is 1. The molecule has 3 rings (SSSR count). The van der Waals surface area contributed by atoms with Crippen molar-refractivity contribution in [2.24, 2.45) is 0 Å². The maximum absolute atomic E-state index is 12.0. The summed E-state index contributed by atoms with van der Waals surface area (Å²) in [5, 5.41) is 6.07. The molecule has 3 N–H and O–H groups in total. The highest BCUT2D eigenvalue weighted by molar-refractivity contribution is 5.83. The minimum Gasteiger partial charge on any atom is -0.477 e. The van der Waals surface area contributed by atoms with E-state index in [9.17, 15) is 4.79 Å². The van der Waals surface area contributed by atoms with Crippen LogP contribution in [0, 0.1) is 0 Å². The van der Waals surface area contributed by atoms with E-state index in [1.807, 2.05) is 24.3 Å². The van der Waals surface area contributed by atoms with Gasteiger partial charge in [0.2, 0.25) is 0 Å². The number of benzene rings is 1. The van der Waals surface area contributed by atoms with E-state index in [1.54, 1.807) is 12.5 Å². The van der Waals surface area contributed by atoms with Gasteiger partial charge in [-0.25, -0.2) is 4.98 Å². The van der Waals surface area contributed by atoms with Crippen molar-refractivity contribution in [1.29, 1.82) is 0 Å². The van der Waals surface area contributed by atoms with Gasteiger partial charge in [0, 0.05) is 24.9 Å². The van der Waals surface area contributed by atoms with Crippen LogP contribution in [0.4, 0.5) is 5.69 Å². The van der Waals surface area contributed by atoms with Crippen molar-refractivity contribution in [2.75, 3.05) is 18.4 Å². The van der Waals surface area contributed by atoms with Gasteiger partial charge in [0.05, 0.1) is 18.6 Å². The number of nitrogens with one attached hydrogen (secondary N) is 3. The topological polar surface area (TPSA) is 79.0 Å². The summed E-state index contributed by atoms with van der Waals surface area (Å²) in [4.78, 5) is 19.0. The standard InChI is InChI=1S/C14H16N4O2/c19-14(16-6-5-10-7-15-9-18-10)13-8-17-11-3-1-2-4-12(11)20-13/h1-4,7,9,13,17H,5-6,8H2,(H,15,18)(H,16,19). The number of carbonyl (C=O) groups is 1. The monoisotopic (exact) mass is 272 g/mol. The lowest BCUT2D eigenvalue weighted by atomic mass is 10.2. The van der Waals surface area contributed by atoms with Crippen molar-refractivity contribution >= 4 is 11.6 Å². The Bertz CT molecular complexity index is 583. The highest BCUT2D eigenvalue weighted by Crippen LogP contribution is 2.28. The van der Waals surface area contributed by atoms with Gasteiger partial charge in [0.25, 0.3) is 5.91 Å². The molecule has 0 radical (unpaired) electrons. The minimum atomic E-state index is -0.494. The molecule has 0 saturated heterocycles. The molecule has 2 aromatic rings. The Hall–Kier alpha value is -2.50. The number of aromatic nitrogens is 2. The molecule has 0 bridgehead atoms. The number of rotatable bonds is 4. The third kappa shape index (κ3) is 2.74. The first-order valence-corrected chi connectivity index (χ1v) is 6.57. The van der Waals surface area contributed by atoms with Gasteiger partial charge in [-0.2, -0.15) is 0 Å². The molecule has 1 aromatic carbocycles. The van der Waals surface area contributed by atoms with E-state index < -0.39 is 6.10 Å². The molecular weight excluding hydrogens is 256 g/mol. The molecule has 0 aliphatic carbocycles. The fraction of sp³-hybridized carbons (Fsp3) is 0.286. The van der Waals surface area contributed by atoms with Crippen LogP contribution in [0.3, 0.4) is 0 Å². The van der Waals surface area contributed by atoms with Gasteiger partial charge >= 0.3 is 0 Å². The Kier molecular flexibility index (Phi) is 3.54. The van der Waals surface area contributed by atoms with Crippen LogP contribution in [0.15, 0.2) is 36.8 Å². The van der Waals surface area contributed by atoms with E-state index in [4.69, 9.17) is 4.74 Å². The third-order valence-corrected chi connectivity index (χ3v) is 3.18. The average molecular weight is 272 g/mol. The van der Waals surface area contributed by atoms with Gasteiger partial charge in [0.1, 0.15) is 5.75 Å². The number of aromatic amines is 1. The Morgan fingerprint density at radius 3 is 3.20 bits per heavy atom. The van der Waals surface area contributed by atoms with Crippen molar-refractivity contribution in [3.05, 3.63) is 42.5 Å². The van der Waals surface area contributed by atoms with Crippen LogP contribution < -0.4 is 15.4 Å². The second-order valence-corrected chi connectivity index (χ2v) is 4.60. The lowest BCUT2D eigenvalue weighted by Gasteiger charge is -2.26. The van der Waals surface area contributed by atoms with Gasteiger partial charge < -0.3 is 20.4 Å². The Morgan fingerprint density at radius 2 is 2.35 bits per heavy atom. The van der Waals surface area contributed by atoms with Gasteiger partial charge in [-0.1, -0.05) is 12.1 Å². The summed E-state index contributed by atoms with van der Waals surface area (Å²) < 4.78 is 5.69. The first-order valence-electron chi connectivity index (χ1n) is 6.57. The van der Waals surface area contributed by atoms with Crippen LogP contribution in [-0.2, 0) is 11.2 Å². The van der Waals surface area contributed by atoms with Gasteiger partial charge in [0.15, 0.2) is 6.10 Å². The number of para-hydroxylation sites is 2. The van der Waals surface area contributed by atoms with E-state index in [0.717, 1.165) is 17.8 Å². The second kappa shape index (κ2) is 5.64. The highest BCUT2D eigenvalue weighted by Gasteiger charge is 2.25. The van der Waals surface area contributed by atoms with Crippen molar-refractivity contribution in [3.8, 4) is 5.75 Å². The SMILES string of the molecule is O=C(NCCc1cnc[nH]1)C1CNc2ccccc2O1. The fourth-order valence-electron chi connectivity index (χ4n) is 2.11. The van der Waals surface area contributed by atoms with Crippen LogP contribution in [0.5, 0.6) is 5.75 Å². The number of fused-ring (bicyclic) bond motifs is 1. The lowest BCUT2D eigenvalue weighted by molar-refractivity contribution is -0.127. The maximum atomic E-state index is 12.0. The fourth-order valence-corrected chi connectivity index (χ4v) is 2.11. The van der Waals surface area contributed by atoms with Crippen LogP contribution in [-0.4, -0.2) is 35.1 Å². The summed E-state index contributed by atoms with van der Waals surface area (Å²) in [6, 6.07) is 7.60. The first kappa shape index (κ1) is 12.5. The number of imidazole rings is 1. The molecule has 2 heterocycles. The summed E-state index contributed by atoms with van der Waals surface area (Å²) in [6.45, 7) is 1.04. The van der Waals surface area contributed by atoms with Gasteiger partial charge in [-0.05, 0) is 12.1 Å². The molecule has 6 nitrogen and oxygen atoms in total. The summed E-state index contributed by atoms with van der Waals surface area (Å²) in [5.41, 5.74) is 1.92. The second-order valence-electron chi connectivity index (χ2n) is 4.60. The van der Waals surface area contributed by atoms with Crippen molar-refractivity contribution in [3.63, 3.8) is 0 Å². The Balaban J connectivity index is 1.51. The lowest BCUT2D eigenvalue weighted by Crippen LogP contribution is -2.45. The van der Waals surface area contributed by atoms with Crippen LogP contribution in [0.25, 0.3) is 0 Å². The smallest absolute Gasteiger partial charge is 0.262 e. The number of nitrogens with zero attached hydrogens (tertiary/aromatic N) is 1. The van der Waals surface area contributed by atoms with E-state index >= 15 is 0 Å². The molecule has 1 unspecified atom stereocenters. The predicted molar refractivity (Wildman–Crippen MR) is 74.6 cm³/mol. The molecule has 0 spiro atoms. The highest BCUT2D eigenvalue weighted by atomic mass is 16.5. The zero-order valence-corrected chi connectivity index (χ0v) is 10.9. The molecule has 1 aromatic heterocycles. The quantitative estimate of drug-likeness (QED) is 0.774. The zero-order chi connectivity index (χ0) is 13.8. The normalized spacial score (nSPS) is 16.7. The molecule has 0 fully saturated rings. The predicted octanol–water partition coefficient (Wildman–Crippen LogP) is 0.941. The molecule has 1 amide bonds. The molecule has 1 atom stereocenters. The van der Waals surface area contributed by atoms with E-state index in [2.05, 4.69) is 20.6 Å².